The number of hydrogen-bond donors (Lipinski definition) is 0. The van der Waals surface area contributed by atoms with Gasteiger partial charge in [0.25, 0.3) is 0 Å². The lowest BCUT2D eigenvalue weighted by atomic mass is 9.52. The molecule has 1 aromatic carbocycles. The molecule has 2 amide bonds. The minimum atomic E-state index is -0.239. The van der Waals surface area contributed by atoms with Gasteiger partial charge in [-0.15, -0.1) is 0 Å². The maximum atomic E-state index is 13.9. The van der Waals surface area contributed by atoms with Crippen LogP contribution in [0.15, 0.2) is 24.3 Å². The third kappa shape index (κ3) is 4.68. The maximum Gasteiger partial charge on any atom is 0.237 e. The van der Waals surface area contributed by atoms with Gasteiger partial charge in [-0.05, 0) is 93.4 Å². The fourth-order valence-electron chi connectivity index (χ4n) is 7.73. The molecule has 4 saturated carbocycles. The average Bonchev–Trinajstić information content (AvgIpc) is 2.77. The molecule has 1 saturated heterocycles. The largest absolute Gasteiger partial charge is 0.349 e. The van der Waals surface area contributed by atoms with Crippen LogP contribution in [0.1, 0.15) is 56.9 Å². The van der Waals surface area contributed by atoms with Crippen molar-refractivity contribution in [2.24, 2.45) is 23.7 Å². The summed E-state index contributed by atoms with van der Waals surface area (Å²) in [6.07, 6.45) is 9.20. The minimum absolute atomic E-state index is 0.0216. The van der Waals surface area contributed by atoms with Gasteiger partial charge in [0.2, 0.25) is 11.8 Å². The van der Waals surface area contributed by atoms with Crippen LogP contribution >= 0.6 is 0 Å². The summed E-state index contributed by atoms with van der Waals surface area (Å²) in [5.74, 6) is 2.32. The Bertz CT molecular complexity index is 849. The Morgan fingerprint density at radius 2 is 1.64 bits per heavy atom. The van der Waals surface area contributed by atoms with Crippen LogP contribution in [0.4, 0.5) is 4.39 Å². The van der Waals surface area contributed by atoms with Gasteiger partial charge in [0.1, 0.15) is 5.82 Å². The number of benzene rings is 1. The van der Waals surface area contributed by atoms with Crippen LogP contribution in [0.2, 0.25) is 0 Å². The molecule has 0 spiro atoms. The first-order valence-corrected chi connectivity index (χ1v) is 12.8. The normalized spacial score (nSPS) is 33.2. The molecule has 180 valence electrons. The van der Waals surface area contributed by atoms with Gasteiger partial charge in [-0.2, -0.15) is 0 Å². The maximum absolute atomic E-state index is 13.9. The summed E-state index contributed by atoms with van der Waals surface area (Å²) in [5, 5.41) is 0. The van der Waals surface area contributed by atoms with Crippen LogP contribution in [-0.2, 0) is 16.1 Å². The number of nitrogens with zero attached hydrogens (tertiary/aromatic N) is 3. The first kappa shape index (κ1) is 22.8. The summed E-state index contributed by atoms with van der Waals surface area (Å²) in [5.41, 5.74) is 0.953. The topological polar surface area (TPSA) is 43.9 Å². The fraction of sp³-hybridized carbons (Fsp3) is 0.704. The van der Waals surface area contributed by atoms with Crippen LogP contribution in [0.3, 0.4) is 0 Å². The number of hydrogen-bond acceptors (Lipinski definition) is 3. The summed E-state index contributed by atoms with van der Waals surface area (Å²) in [7, 11) is 3.62. The molecule has 5 nitrogen and oxygen atoms in total. The van der Waals surface area contributed by atoms with Crippen LogP contribution in [-0.4, -0.2) is 65.8 Å². The van der Waals surface area contributed by atoms with E-state index in [-0.39, 0.29) is 29.1 Å². The summed E-state index contributed by atoms with van der Waals surface area (Å²) >= 11 is 0. The Kier molecular flexibility index (Phi) is 6.23. The van der Waals surface area contributed by atoms with Gasteiger partial charge in [0.15, 0.2) is 0 Å². The number of rotatable bonds is 6. The highest BCUT2D eigenvalue weighted by atomic mass is 19.1. The van der Waals surface area contributed by atoms with E-state index in [4.69, 9.17) is 0 Å². The SMILES string of the molecule is CN(C)C(=O)C1CCCN(CC(=O)N(Cc2ccc(F)cc2)C23CC4CC(CC(C4)C2)C3)C1. The van der Waals surface area contributed by atoms with Crippen molar-refractivity contribution < 1.29 is 14.0 Å². The molecule has 6 heteroatoms. The van der Waals surface area contributed by atoms with Gasteiger partial charge < -0.3 is 9.80 Å². The Hall–Kier alpha value is -1.95. The van der Waals surface area contributed by atoms with Gasteiger partial charge in [-0.3, -0.25) is 14.5 Å². The number of carbonyl (C=O) groups is 2. The van der Waals surface area contributed by atoms with Gasteiger partial charge in [0.05, 0.1) is 12.5 Å². The number of halogens is 1. The molecule has 0 aromatic heterocycles. The number of likely N-dealkylation sites (tertiary alicyclic amines) is 1. The van der Waals surface area contributed by atoms with Crippen LogP contribution in [0.5, 0.6) is 0 Å². The van der Waals surface area contributed by atoms with Crippen molar-refractivity contribution in [1.82, 2.24) is 14.7 Å². The van der Waals surface area contributed by atoms with Crippen molar-refractivity contribution in [2.45, 2.75) is 63.5 Å². The number of amides is 2. The molecule has 1 unspecified atom stereocenters. The molecule has 0 radical (unpaired) electrons. The quantitative estimate of drug-likeness (QED) is 0.653. The van der Waals surface area contributed by atoms with E-state index in [1.807, 2.05) is 26.2 Å². The summed E-state index contributed by atoms with van der Waals surface area (Å²) in [4.78, 5) is 32.5. The summed E-state index contributed by atoms with van der Waals surface area (Å²) in [6, 6.07) is 6.64. The Morgan fingerprint density at radius 3 is 2.21 bits per heavy atom. The second-order valence-electron chi connectivity index (χ2n) is 11.6. The monoisotopic (exact) mass is 455 g/mol. The molecule has 0 N–H and O–H groups in total. The van der Waals surface area contributed by atoms with E-state index < -0.39 is 0 Å². The summed E-state index contributed by atoms with van der Waals surface area (Å²) < 4.78 is 13.5. The number of piperidine rings is 1. The molecule has 33 heavy (non-hydrogen) atoms. The van der Waals surface area contributed by atoms with E-state index in [1.165, 1.54) is 31.4 Å². The van der Waals surface area contributed by atoms with Crippen molar-refractivity contribution in [3.8, 4) is 0 Å². The first-order valence-electron chi connectivity index (χ1n) is 12.8. The number of carbonyl (C=O) groups excluding carboxylic acids is 2. The predicted octanol–water partition coefficient (Wildman–Crippen LogP) is 3.92. The first-order chi connectivity index (χ1) is 15.8. The van der Waals surface area contributed by atoms with E-state index in [0.717, 1.165) is 62.0 Å². The molecule has 4 bridgehead atoms. The van der Waals surface area contributed by atoms with Gasteiger partial charge in [0, 0.05) is 32.7 Å². The molecule has 6 rings (SSSR count). The molecule has 5 aliphatic rings. The summed E-state index contributed by atoms with van der Waals surface area (Å²) in [6.45, 7) is 2.46. The third-order valence-electron chi connectivity index (χ3n) is 8.79. The lowest BCUT2D eigenvalue weighted by Gasteiger charge is -2.60. The third-order valence-corrected chi connectivity index (χ3v) is 8.79. The molecule has 1 heterocycles. The van der Waals surface area contributed by atoms with Gasteiger partial charge in [-0.1, -0.05) is 12.1 Å². The molecule has 5 fully saturated rings. The molecular weight excluding hydrogens is 417 g/mol. The van der Waals surface area contributed by atoms with Gasteiger partial charge in [-0.25, -0.2) is 4.39 Å². The smallest absolute Gasteiger partial charge is 0.237 e. The second kappa shape index (κ2) is 9.01. The van der Waals surface area contributed by atoms with Crippen LogP contribution < -0.4 is 0 Å². The van der Waals surface area contributed by atoms with Crippen molar-refractivity contribution in [3.05, 3.63) is 35.6 Å². The van der Waals surface area contributed by atoms with E-state index in [2.05, 4.69) is 9.80 Å². The van der Waals surface area contributed by atoms with Crippen molar-refractivity contribution in [2.75, 3.05) is 33.7 Å². The standard InChI is InChI=1S/C27H38FN3O2/c1-29(2)26(33)23-4-3-9-30(17-23)18-25(32)31(16-19-5-7-24(28)8-6-19)27-13-20-10-21(14-27)12-22(11-20)15-27/h5-8,20-23H,3-4,9-18H2,1-2H3. The lowest BCUT2D eigenvalue weighted by molar-refractivity contribution is -0.154. The fourth-order valence-corrected chi connectivity index (χ4v) is 7.73. The molecule has 1 aliphatic heterocycles. The highest BCUT2D eigenvalue weighted by Gasteiger charge is 2.54. The van der Waals surface area contributed by atoms with Crippen molar-refractivity contribution >= 4 is 11.8 Å². The Labute approximate surface area is 197 Å². The zero-order valence-electron chi connectivity index (χ0n) is 20.1. The average molecular weight is 456 g/mol. The zero-order valence-corrected chi connectivity index (χ0v) is 20.1. The minimum Gasteiger partial charge on any atom is -0.349 e. The highest BCUT2D eigenvalue weighted by Crippen LogP contribution is 2.58. The molecule has 1 aromatic rings. The molecular formula is C27H38FN3O2. The van der Waals surface area contributed by atoms with Gasteiger partial charge >= 0.3 is 0 Å². The predicted molar refractivity (Wildman–Crippen MR) is 126 cm³/mol. The van der Waals surface area contributed by atoms with Crippen molar-refractivity contribution in [3.63, 3.8) is 0 Å². The molecule has 4 aliphatic carbocycles. The van der Waals surface area contributed by atoms with Crippen LogP contribution in [0.25, 0.3) is 0 Å². The highest BCUT2D eigenvalue weighted by molar-refractivity contribution is 5.80. The van der Waals surface area contributed by atoms with Crippen LogP contribution in [0, 0.1) is 29.5 Å². The zero-order chi connectivity index (χ0) is 23.2. The van der Waals surface area contributed by atoms with E-state index in [9.17, 15) is 14.0 Å². The lowest BCUT2D eigenvalue weighted by Crippen LogP contribution is -2.62. The van der Waals surface area contributed by atoms with E-state index >= 15 is 0 Å². The molecule has 1 atom stereocenters. The van der Waals surface area contributed by atoms with E-state index in [0.29, 0.717) is 19.6 Å². The van der Waals surface area contributed by atoms with E-state index in [1.54, 1.807) is 4.90 Å². The van der Waals surface area contributed by atoms with Crippen molar-refractivity contribution in [1.29, 1.82) is 0 Å². The Balaban J connectivity index is 1.36. The second-order valence-corrected chi connectivity index (χ2v) is 11.6. The Morgan fingerprint density at radius 1 is 1.03 bits per heavy atom.